The Kier molecular flexibility index (Phi) is 3.77. The van der Waals surface area contributed by atoms with Gasteiger partial charge in [0.1, 0.15) is 0 Å². The first kappa shape index (κ1) is 12.5. The van der Waals surface area contributed by atoms with Gasteiger partial charge in [0, 0.05) is 0 Å². The summed E-state index contributed by atoms with van der Waals surface area (Å²) < 4.78 is 5.10. The zero-order chi connectivity index (χ0) is 11.6. The van der Waals surface area contributed by atoms with Crippen molar-refractivity contribution in [2.75, 3.05) is 6.61 Å². The average Bonchev–Trinajstić information content (AvgIpc) is 1.99. The van der Waals surface area contributed by atoms with Gasteiger partial charge < -0.3 is 9.84 Å². The van der Waals surface area contributed by atoms with E-state index in [1.165, 1.54) is 0 Å². The fourth-order valence-electron chi connectivity index (χ4n) is 2.94. The van der Waals surface area contributed by atoms with Crippen LogP contribution < -0.4 is 0 Å². The zero-order valence-corrected chi connectivity index (χ0v) is 10.1. The molecule has 1 saturated carbocycles. The largest absolute Gasteiger partial charge is 0.466 e. The van der Waals surface area contributed by atoms with Gasteiger partial charge in [0.2, 0.25) is 0 Å². The Labute approximate surface area is 91.8 Å². The molecule has 0 aromatic heterocycles. The van der Waals surface area contributed by atoms with Crippen LogP contribution in [0.2, 0.25) is 0 Å². The molecular weight excluding hydrogens is 192 g/mol. The molecule has 15 heavy (non-hydrogen) atoms. The fourth-order valence-corrected chi connectivity index (χ4v) is 2.94. The molecule has 0 aromatic carbocycles. The number of hydrogen-bond acceptors (Lipinski definition) is 3. The van der Waals surface area contributed by atoms with Crippen LogP contribution in [0.25, 0.3) is 0 Å². The number of rotatable bonds is 2. The summed E-state index contributed by atoms with van der Waals surface area (Å²) in [4.78, 5) is 11.8. The summed E-state index contributed by atoms with van der Waals surface area (Å²) in [7, 11) is 0. The monoisotopic (exact) mass is 214 g/mol. The van der Waals surface area contributed by atoms with Crippen LogP contribution >= 0.6 is 0 Å². The van der Waals surface area contributed by atoms with Crippen molar-refractivity contribution in [1.82, 2.24) is 0 Å². The van der Waals surface area contributed by atoms with Crippen molar-refractivity contribution in [3.8, 4) is 0 Å². The van der Waals surface area contributed by atoms with E-state index < -0.39 is 0 Å². The van der Waals surface area contributed by atoms with E-state index in [2.05, 4.69) is 0 Å². The van der Waals surface area contributed by atoms with Crippen molar-refractivity contribution in [3.05, 3.63) is 0 Å². The second kappa shape index (κ2) is 4.52. The van der Waals surface area contributed by atoms with Gasteiger partial charge in [0.15, 0.2) is 0 Å². The minimum Gasteiger partial charge on any atom is -0.466 e. The quantitative estimate of drug-likeness (QED) is 0.715. The molecule has 0 bridgehead atoms. The highest BCUT2D eigenvalue weighted by Gasteiger charge is 2.45. The molecule has 0 radical (unpaired) electrons. The van der Waals surface area contributed by atoms with Gasteiger partial charge in [-0.05, 0) is 31.1 Å². The molecule has 0 spiro atoms. The number of carbonyl (C=O) groups excluding carboxylic acids is 1. The number of aliphatic hydroxyl groups is 1. The minimum atomic E-state index is -0.277. The highest BCUT2D eigenvalue weighted by atomic mass is 16.5. The lowest BCUT2D eigenvalue weighted by Crippen LogP contribution is -2.44. The Morgan fingerprint density at radius 1 is 1.53 bits per heavy atom. The summed E-state index contributed by atoms with van der Waals surface area (Å²) in [5.41, 5.74) is -0.163. The van der Waals surface area contributed by atoms with Crippen molar-refractivity contribution >= 4 is 5.97 Å². The summed E-state index contributed by atoms with van der Waals surface area (Å²) in [6.07, 6.45) is 1.11. The molecule has 0 heterocycles. The molecular formula is C12H22O3. The SMILES string of the molecule is CCOC(=O)C1C(C)CC(O)CC1(C)C. The maximum Gasteiger partial charge on any atom is 0.309 e. The summed E-state index contributed by atoms with van der Waals surface area (Å²) >= 11 is 0. The third kappa shape index (κ3) is 2.71. The number of hydrogen-bond donors (Lipinski definition) is 1. The highest BCUT2D eigenvalue weighted by molar-refractivity contribution is 5.73. The van der Waals surface area contributed by atoms with E-state index in [-0.39, 0.29) is 29.3 Å². The summed E-state index contributed by atoms with van der Waals surface area (Å²) in [6, 6.07) is 0. The highest BCUT2D eigenvalue weighted by Crippen LogP contribution is 2.44. The smallest absolute Gasteiger partial charge is 0.309 e. The third-order valence-corrected chi connectivity index (χ3v) is 3.36. The van der Waals surface area contributed by atoms with E-state index in [0.717, 1.165) is 0 Å². The predicted molar refractivity (Wildman–Crippen MR) is 58.3 cm³/mol. The molecule has 3 atom stereocenters. The maximum absolute atomic E-state index is 11.8. The third-order valence-electron chi connectivity index (χ3n) is 3.36. The molecule has 3 nitrogen and oxygen atoms in total. The molecule has 1 aliphatic rings. The topological polar surface area (TPSA) is 46.5 Å². The second-order valence-electron chi connectivity index (χ2n) is 5.29. The van der Waals surface area contributed by atoms with E-state index >= 15 is 0 Å². The van der Waals surface area contributed by atoms with Crippen LogP contribution in [0.4, 0.5) is 0 Å². The van der Waals surface area contributed by atoms with Crippen LogP contribution in [-0.4, -0.2) is 23.8 Å². The van der Waals surface area contributed by atoms with Gasteiger partial charge in [-0.25, -0.2) is 0 Å². The number of ether oxygens (including phenoxy) is 1. The Morgan fingerprint density at radius 2 is 2.13 bits per heavy atom. The van der Waals surface area contributed by atoms with E-state index in [9.17, 15) is 9.90 Å². The minimum absolute atomic E-state index is 0.0825. The van der Waals surface area contributed by atoms with Gasteiger partial charge in [-0.2, -0.15) is 0 Å². The molecule has 0 aromatic rings. The first-order valence-corrected chi connectivity index (χ1v) is 5.73. The van der Waals surface area contributed by atoms with Crippen molar-refractivity contribution in [2.24, 2.45) is 17.3 Å². The molecule has 3 unspecified atom stereocenters. The van der Waals surface area contributed by atoms with Gasteiger partial charge >= 0.3 is 5.97 Å². The van der Waals surface area contributed by atoms with Gasteiger partial charge in [-0.15, -0.1) is 0 Å². The first-order valence-electron chi connectivity index (χ1n) is 5.73. The second-order valence-corrected chi connectivity index (χ2v) is 5.29. The fraction of sp³-hybridized carbons (Fsp3) is 0.917. The van der Waals surface area contributed by atoms with Gasteiger partial charge in [0.05, 0.1) is 18.6 Å². The van der Waals surface area contributed by atoms with E-state index in [4.69, 9.17) is 4.74 Å². The molecule has 0 aliphatic heterocycles. The zero-order valence-electron chi connectivity index (χ0n) is 10.1. The molecule has 1 fully saturated rings. The Morgan fingerprint density at radius 3 is 2.60 bits per heavy atom. The van der Waals surface area contributed by atoms with Crippen LogP contribution in [-0.2, 0) is 9.53 Å². The van der Waals surface area contributed by atoms with Crippen molar-refractivity contribution < 1.29 is 14.6 Å². The van der Waals surface area contributed by atoms with Crippen LogP contribution in [0, 0.1) is 17.3 Å². The molecule has 1 rings (SSSR count). The maximum atomic E-state index is 11.8. The van der Waals surface area contributed by atoms with Crippen LogP contribution in [0.15, 0.2) is 0 Å². The Hall–Kier alpha value is -0.570. The number of aliphatic hydroxyl groups excluding tert-OH is 1. The van der Waals surface area contributed by atoms with Crippen molar-refractivity contribution in [2.45, 2.75) is 46.6 Å². The van der Waals surface area contributed by atoms with Gasteiger partial charge in [-0.1, -0.05) is 20.8 Å². The molecule has 88 valence electrons. The molecule has 0 saturated heterocycles. The van der Waals surface area contributed by atoms with Crippen molar-refractivity contribution in [1.29, 1.82) is 0 Å². The van der Waals surface area contributed by atoms with E-state index in [1.807, 2.05) is 27.7 Å². The molecule has 3 heteroatoms. The summed E-state index contributed by atoms with van der Waals surface area (Å²) in [6.45, 7) is 8.35. The summed E-state index contributed by atoms with van der Waals surface area (Å²) in [5.74, 6) is 0.00514. The molecule has 0 amide bonds. The number of carbonyl (C=O) groups is 1. The molecule has 1 N–H and O–H groups in total. The molecule has 1 aliphatic carbocycles. The lowest BCUT2D eigenvalue weighted by molar-refractivity contribution is -0.159. The lowest BCUT2D eigenvalue weighted by Gasteiger charge is -2.43. The standard InChI is InChI=1S/C12H22O3/c1-5-15-11(14)10-8(2)6-9(13)7-12(10,3)4/h8-10,13H,5-7H2,1-4H3. The predicted octanol–water partition coefficient (Wildman–Crippen LogP) is 1.98. The van der Waals surface area contributed by atoms with Gasteiger partial charge in [0.25, 0.3) is 0 Å². The van der Waals surface area contributed by atoms with E-state index in [1.54, 1.807) is 0 Å². The van der Waals surface area contributed by atoms with E-state index in [0.29, 0.717) is 19.4 Å². The lowest BCUT2D eigenvalue weighted by atomic mass is 9.63. The first-order chi connectivity index (χ1) is 6.88. The number of esters is 1. The van der Waals surface area contributed by atoms with Crippen LogP contribution in [0.1, 0.15) is 40.5 Å². The van der Waals surface area contributed by atoms with Crippen LogP contribution in [0.5, 0.6) is 0 Å². The normalized spacial score (nSPS) is 34.9. The average molecular weight is 214 g/mol. The Bertz CT molecular complexity index is 235. The Balaban J connectivity index is 2.79. The van der Waals surface area contributed by atoms with Gasteiger partial charge in [-0.3, -0.25) is 4.79 Å². The summed E-state index contributed by atoms with van der Waals surface area (Å²) in [5, 5.41) is 9.69. The van der Waals surface area contributed by atoms with Crippen molar-refractivity contribution in [3.63, 3.8) is 0 Å². The van der Waals surface area contributed by atoms with Crippen LogP contribution in [0.3, 0.4) is 0 Å².